The zero-order chi connectivity index (χ0) is 33.2. The van der Waals surface area contributed by atoms with E-state index in [1.807, 2.05) is 91.0 Å². The van der Waals surface area contributed by atoms with Crippen LogP contribution in [-0.2, 0) is 35.5 Å². The number of amides is 1. The average Bonchev–Trinajstić information content (AvgIpc) is 3.82. The molecular formula is C37H34F3NO6. The molecule has 2 aliphatic heterocycles. The maximum absolute atomic E-state index is 12.5. The normalized spacial score (nSPS) is 14.4. The highest BCUT2D eigenvalue weighted by molar-refractivity contribution is 6.04. The number of fused-ring (bicyclic) bond motifs is 2. The molecule has 1 aromatic heterocycles. The SMILES string of the molecule is CC1C(=O)N(Cc2ccc(C(F)(F)F)o2)c2ccccc21.COCc1ccccc1.c1ccc(COc2ccc3c(c2)OCO3)cc1. The Bertz CT molecular complexity index is 1740. The van der Waals surface area contributed by atoms with Gasteiger partial charge in [0.25, 0.3) is 0 Å². The maximum atomic E-state index is 12.5. The van der Waals surface area contributed by atoms with Crippen LogP contribution in [0.15, 0.2) is 120 Å². The summed E-state index contributed by atoms with van der Waals surface area (Å²) in [5, 5.41) is 0. The summed E-state index contributed by atoms with van der Waals surface area (Å²) in [6, 6.07) is 35.2. The van der Waals surface area contributed by atoms with E-state index in [-0.39, 0.29) is 30.9 Å². The van der Waals surface area contributed by atoms with E-state index in [1.54, 1.807) is 26.2 Å². The minimum absolute atomic E-state index is 0.00370. The summed E-state index contributed by atoms with van der Waals surface area (Å²) < 4.78 is 63.5. The second-order valence-electron chi connectivity index (χ2n) is 10.7. The Morgan fingerprint density at radius 2 is 1.43 bits per heavy atom. The maximum Gasteiger partial charge on any atom is 0.449 e. The Labute approximate surface area is 271 Å². The van der Waals surface area contributed by atoms with Gasteiger partial charge in [0.2, 0.25) is 18.5 Å². The summed E-state index contributed by atoms with van der Waals surface area (Å²) >= 11 is 0. The number of carbonyl (C=O) groups is 1. The number of furan rings is 1. The molecule has 0 N–H and O–H groups in total. The van der Waals surface area contributed by atoms with Gasteiger partial charge in [0, 0.05) is 18.9 Å². The Hall–Kier alpha value is -5.22. The highest BCUT2D eigenvalue weighted by atomic mass is 19.4. The molecule has 0 saturated carbocycles. The predicted molar refractivity (Wildman–Crippen MR) is 170 cm³/mol. The van der Waals surface area contributed by atoms with Gasteiger partial charge in [0.15, 0.2) is 11.5 Å². The second-order valence-corrected chi connectivity index (χ2v) is 10.7. The first kappa shape index (κ1) is 33.2. The van der Waals surface area contributed by atoms with Crippen molar-refractivity contribution >= 4 is 11.6 Å². The van der Waals surface area contributed by atoms with Crippen LogP contribution < -0.4 is 19.1 Å². The molecule has 0 fully saturated rings. The molecule has 2 aliphatic rings. The smallest absolute Gasteiger partial charge is 0.449 e. The second kappa shape index (κ2) is 15.4. The van der Waals surface area contributed by atoms with Gasteiger partial charge in [-0.2, -0.15) is 13.2 Å². The molecule has 4 aromatic carbocycles. The number of methoxy groups -OCH3 is 1. The van der Waals surface area contributed by atoms with Gasteiger partial charge in [-0.1, -0.05) is 78.9 Å². The first-order valence-corrected chi connectivity index (χ1v) is 14.9. The molecule has 47 heavy (non-hydrogen) atoms. The third-order valence-corrected chi connectivity index (χ3v) is 7.33. The Morgan fingerprint density at radius 1 is 0.787 bits per heavy atom. The molecule has 1 atom stereocenters. The lowest BCUT2D eigenvalue weighted by Gasteiger charge is -2.16. The lowest BCUT2D eigenvalue weighted by atomic mass is 10.0. The van der Waals surface area contributed by atoms with Crippen LogP contribution in [0, 0.1) is 0 Å². The first-order valence-electron chi connectivity index (χ1n) is 14.9. The highest BCUT2D eigenvalue weighted by Crippen LogP contribution is 2.39. The molecule has 10 heteroatoms. The van der Waals surface area contributed by atoms with Crippen LogP contribution in [0.3, 0.4) is 0 Å². The van der Waals surface area contributed by atoms with E-state index < -0.39 is 11.9 Å². The number of nitrogens with zero attached hydrogens (tertiary/aromatic N) is 1. The van der Waals surface area contributed by atoms with Crippen molar-refractivity contribution in [3.8, 4) is 17.2 Å². The van der Waals surface area contributed by atoms with Crippen molar-refractivity contribution in [2.24, 2.45) is 0 Å². The number of carbonyl (C=O) groups excluding carboxylic acids is 1. The Balaban J connectivity index is 0.000000149. The van der Waals surface area contributed by atoms with Crippen LogP contribution in [0.25, 0.3) is 0 Å². The van der Waals surface area contributed by atoms with E-state index in [4.69, 9.17) is 23.4 Å². The third kappa shape index (κ3) is 8.74. The Kier molecular flexibility index (Phi) is 10.8. The molecule has 7 nitrogen and oxygen atoms in total. The van der Waals surface area contributed by atoms with Gasteiger partial charge in [-0.3, -0.25) is 4.79 Å². The number of halogens is 3. The van der Waals surface area contributed by atoms with Crippen molar-refractivity contribution in [3.63, 3.8) is 0 Å². The molecule has 3 heterocycles. The van der Waals surface area contributed by atoms with Crippen molar-refractivity contribution in [1.82, 2.24) is 0 Å². The fraction of sp³-hybridized carbons (Fsp3) is 0.216. The number of benzene rings is 4. The molecule has 1 amide bonds. The minimum atomic E-state index is -4.52. The van der Waals surface area contributed by atoms with Crippen LogP contribution in [0.1, 0.15) is 41.1 Å². The van der Waals surface area contributed by atoms with Crippen LogP contribution in [0.5, 0.6) is 17.2 Å². The van der Waals surface area contributed by atoms with Gasteiger partial charge in [-0.25, -0.2) is 0 Å². The zero-order valence-electron chi connectivity index (χ0n) is 25.9. The van der Waals surface area contributed by atoms with E-state index in [0.717, 1.165) is 40.1 Å². The summed E-state index contributed by atoms with van der Waals surface area (Å²) in [7, 11) is 1.70. The third-order valence-electron chi connectivity index (χ3n) is 7.33. The van der Waals surface area contributed by atoms with Gasteiger partial charge in [-0.15, -0.1) is 0 Å². The van der Waals surface area contributed by atoms with Crippen molar-refractivity contribution < 1.29 is 41.3 Å². The van der Waals surface area contributed by atoms with Gasteiger partial charge in [-0.05, 0) is 53.9 Å². The lowest BCUT2D eigenvalue weighted by Crippen LogP contribution is -2.27. The lowest BCUT2D eigenvalue weighted by molar-refractivity contribution is -0.153. The number of para-hydroxylation sites is 1. The summed E-state index contributed by atoms with van der Waals surface area (Å²) in [5.74, 6) is 0.940. The number of hydrogen-bond acceptors (Lipinski definition) is 6. The summed E-state index contributed by atoms with van der Waals surface area (Å²) in [6.45, 7) is 3.33. The summed E-state index contributed by atoms with van der Waals surface area (Å²) in [4.78, 5) is 13.7. The number of ether oxygens (including phenoxy) is 4. The topological polar surface area (TPSA) is 70.4 Å². The van der Waals surface area contributed by atoms with Crippen molar-refractivity contribution in [1.29, 1.82) is 0 Å². The molecule has 5 aromatic rings. The number of alkyl halides is 3. The van der Waals surface area contributed by atoms with Gasteiger partial charge >= 0.3 is 6.18 Å². The minimum Gasteiger partial charge on any atom is -0.489 e. The van der Waals surface area contributed by atoms with Crippen LogP contribution in [0.4, 0.5) is 18.9 Å². The van der Waals surface area contributed by atoms with Crippen molar-refractivity contribution in [2.75, 3.05) is 18.8 Å². The number of anilines is 1. The zero-order valence-corrected chi connectivity index (χ0v) is 25.9. The summed E-state index contributed by atoms with van der Waals surface area (Å²) in [5.41, 5.74) is 3.97. The molecule has 0 saturated heterocycles. The number of rotatable bonds is 7. The molecule has 7 rings (SSSR count). The van der Waals surface area contributed by atoms with Crippen LogP contribution >= 0.6 is 0 Å². The molecular weight excluding hydrogens is 611 g/mol. The fourth-order valence-corrected chi connectivity index (χ4v) is 4.97. The standard InChI is InChI=1S/C15H12F3NO2.C14H12O3.C8H10O/c1-9-11-4-2-3-5-12(11)19(14(9)20)8-10-6-7-13(21-10)15(16,17)18;1-2-4-11(5-3-1)9-15-12-6-7-13-14(8-12)17-10-16-13;1-9-7-8-5-3-2-4-6-8/h2-7,9H,8H2,1H3;1-8H,9-10H2;2-6H,7H2,1H3. The molecule has 0 bridgehead atoms. The fourth-order valence-electron chi connectivity index (χ4n) is 4.97. The summed E-state index contributed by atoms with van der Waals surface area (Å²) in [6.07, 6.45) is -4.52. The van der Waals surface area contributed by atoms with Gasteiger partial charge in [0.05, 0.1) is 19.1 Å². The first-order chi connectivity index (χ1) is 22.7. The van der Waals surface area contributed by atoms with Gasteiger partial charge < -0.3 is 28.3 Å². The largest absolute Gasteiger partial charge is 0.489 e. The van der Waals surface area contributed by atoms with E-state index >= 15 is 0 Å². The highest BCUT2D eigenvalue weighted by Gasteiger charge is 2.37. The molecule has 1 unspecified atom stereocenters. The molecule has 0 aliphatic carbocycles. The van der Waals surface area contributed by atoms with Crippen LogP contribution in [-0.4, -0.2) is 19.8 Å². The van der Waals surface area contributed by atoms with Gasteiger partial charge in [0.1, 0.15) is 18.1 Å². The van der Waals surface area contributed by atoms with Crippen molar-refractivity contribution in [2.45, 2.75) is 38.8 Å². The average molecular weight is 646 g/mol. The molecule has 0 spiro atoms. The quantitative estimate of drug-likeness (QED) is 0.176. The number of hydrogen-bond donors (Lipinski definition) is 0. The van der Waals surface area contributed by atoms with E-state index in [0.29, 0.717) is 13.2 Å². The van der Waals surface area contributed by atoms with E-state index in [9.17, 15) is 18.0 Å². The van der Waals surface area contributed by atoms with Crippen LogP contribution in [0.2, 0.25) is 0 Å². The van der Waals surface area contributed by atoms with E-state index in [2.05, 4.69) is 0 Å². The Morgan fingerprint density at radius 3 is 2.09 bits per heavy atom. The molecule has 244 valence electrons. The monoisotopic (exact) mass is 645 g/mol. The van der Waals surface area contributed by atoms with E-state index in [1.165, 1.54) is 16.5 Å². The van der Waals surface area contributed by atoms with Crippen molar-refractivity contribution in [3.05, 3.63) is 143 Å². The predicted octanol–water partition coefficient (Wildman–Crippen LogP) is 8.78. The molecule has 0 radical (unpaired) electrons.